The first kappa shape index (κ1) is 19.1. The van der Waals surface area contributed by atoms with Gasteiger partial charge in [0.15, 0.2) is 5.96 Å². The lowest BCUT2D eigenvalue weighted by Gasteiger charge is -2.21. The van der Waals surface area contributed by atoms with Crippen molar-refractivity contribution in [3.8, 4) is 0 Å². The molecule has 0 spiro atoms. The Kier molecular flexibility index (Phi) is 6.48. The third-order valence-electron chi connectivity index (χ3n) is 5.04. The normalized spacial score (nSPS) is 22.9. The van der Waals surface area contributed by atoms with Crippen LogP contribution < -0.4 is 10.6 Å². The highest BCUT2D eigenvalue weighted by Gasteiger charge is 2.45. The number of benzene rings is 1. The molecule has 1 aliphatic carbocycles. The molecular weight excluding hydrogens is 333 g/mol. The maximum absolute atomic E-state index is 14.1. The van der Waals surface area contributed by atoms with E-state index in [9.17, 15) is 4.39 Å². The van der Waals surface area contributed by atoms with Crippen LogP contribution in [0.2, 0.25) is 0 Å². The number of guanidine groups is 1. The second-order valence-corrected chi connectivity index (χ2v) is 7.32. The number of rotatable bonds is 8. The molecule has 1 heterocycles. The van der Waals surface area contributed by atoms with E-state index in [1.54, 1.807) is 6.07 Å². The van der Waals surface area contributed by atoms with Crippen LogP contribution in [0.15, 0.2) is 29.3 Å². The van der Waals surface area contributed by atoms with Crippen molar-refractivity contribution in [2.45, 2.75) is 50.7 Å². The summed E-state index contributed by atoms with van der Waals surface area (Å²) in [6, 6.07) is 7.20. The molecule has 0 radical (unpaired) electrons. The zero-order valence-corrected chi connectivity index (χ0v) is 15.8. The van der Waals surface area contributed by atoms with E-state index in [0.717, 1.165) is 43.9 Å². The van der Waals surface area contributed by atoms with Crippen LogP contribution >= 0.6 is 0 Å². The molecule has 0 amide bonds. The van der Waals surface area contributed by atoms with Crippen molar-refractivity contribution in [2.75, 3.05) is 32.9 Å². The van der Waals surface area contributed by atoms with Crippen LogP contribution in [0.1, 0.15) is 38.7 Å². The molecular formula is C20H30FN3O2. The van der Waals surface area contributed by atoms with Gasteiger partial charge in [0.05, 0.1) is 25.9 Å². The summed E-state index contributed by atoms with van der Waals surface area (Å²) in [5.74, 6) is 0.632. The van der Waals surface area contributed by atoms with Crippen molar-refractivity contribution in [2.24, 2.45) is 4.99 Å². The van der Waals surface area contributed by atoms with Gasteiger partial charge in [0, 0.05) is 24.6 Å². The van der Waals surface area contributed by atoms with Crippen molar-refractivity contribution >= 4 is 5.96 Å². The topological polar surface area (TPSA) is 54.9 Å². The average molecular weight is 363 g/mol. The molecule has 0 aromatic heterocycles. The van der Waals surface area contributed by atoms with Crippen molar-refractivity contribution in [1.29, 1.82) is 0 Å². The first-order chi connectivity index (χ1) is 12.6. The number of nitrogens with zero attached hydrogens (tertiary/aromatic N) is 1. The van der Waals surface area contributed by atoms with Crippen molar-refractivity contribution in [1.82, 2.24) is 10.6 Å². The molecule has 6 heteroatoms. The lowest BCUT2D eigenvalue weighted by molar-refractivity contribution is 0.0347. The number of halogens is 1. The highest BCUT2D eigenvalue weighted by molar-refractivity contribution is 5.80. The van der Waals surface area contributed by atoms with Crippen molar-refractivity contribution in [3.63, 3.8) is 0 Å². The smallest absolute Gasteiger partial charge is 0.191 e. The minimum absolute atomic E-state index is 0.126. The van der Waals surface area contributed by atoms with Gasteiger partial charge in [0.2, 0.25) is 0 Å². The predicted molar refractivity (Wildman–Crippen MR) is 101 cm³/mol. The molecule has 1 aromatic rings. The van der Waals surface area contributed by atoms with Crippen molar-refractivity contribution in [3.05, 3.63) is 35.6 Å². The molecule has 1 aliphatic heterocycles. The van der Waals surface area contributed by atoms with E-state index < -0.39 is 0 Å². The fourth-order valence-corrected chi connectivity index (χ4v) is 3.31. The summed E-state index contributed by atoms with van der Waals surface area (Å²) in [4.78, 5) is 4.73. The van der Waals surface area contributed by atoms with Gasteiger partial charge in [-0.2, -0.15) is 0 Å². The van der Waals surface area contributed by atoms with Gasteiger partial charge in [-0.3, -0.25) is 4.99 Å². The SMILES string of the molecule is CCNC(=NCC1(c2ccccc2F)CC1)NC(C)COC1CCOC1. The standard InChI is InChI=1S/C20H30FN3O2/c1-3-22-19(24-15(2)12-26-16-8-11-25-13-16)23-14-20(9-10-20)17-6-4-5-7-18(17)21/h4-7,15-16H,3,8-14H2,1-2H3,(H2,22,23,24). The predicted octanol–water partition coefficient (Wildman–Crippen LogP) is 2.61. The Labute approximate surface area is 155 Å². The molecule has 1 saturated heterocycles. The Morgan fingerprint density at radius 1 is 1.42 bits per heavy atom. The molecule has 0 bridgehead atoms. The third kappa shape index (κ3) is 4.95. The van der Waals surface area contributed by atoms with E-state index in [2.05, 4.69) is 17.6 Å². The van der Waals surface area contributed by atoms with Gasteiger partial charge >= 0.3 is 0 Å². The monoisotopic (exact) mass is 363 g/mol. The summed E-state index contributed by atoms with van der Waals surface area (Å²) in [6.45, 7) is 7.57. The summed E-state index contributed by atoms with van der Waals surface area (Å²) in [7, 11) is 0. The van der Waals surface area contributed by atoms with E-state index in [0.29, 0.717) is 19.8 Å². The fraction of sp³-hybridized carbons (Fsp3) is 0.650. The summed E-state index contributed by atoms with van der Waals surface area (Å²) < 4.78 is 25.3. The van der Waals surface area contributed by atoms with Crippen LogP contribution in [-0.2, 0) is 14.9 Å². The van der Waals surface area contributed by atoms with Crippen LogP contribution in [0.4, 0.5) is 4.39 Å². The molecule has 2 N–H and O–H groups in total. The van der Waals surface area contributed by atoms with Crippen LogP contribution in [0.5, 0.6) is 0 Å². The zero-order chi connectivity index (χ0) is 18.4. The van der Waals surface area contributed by atoms with Gasteiger partial charge in [-0.25, -0.2) is 4.39 Å². The molecule has 2 fully saturated rings. The highest BCUT2D eigenvalue weighted by Crippen LogP contribution is 2.49. The number of aliphatic imine (C=N–C) groups is 1. The molecule has 5 nitrogen and oxygen atoms in total. The summed E-state index contributed by atoms with van der Waals surface area (Å²) in [6.07, 6.45) is 3.13. The van der Waals surface area contributed by atoms with E-state index in [4.69, 9.17) is 14.5 Å². The third-order valence-corrected chi connectivity index (χ3v) is 5.04. The average Bonchev–Trinajstić information content (AvgIpc) is 3.23. The van der Waals surface area contributed by atoms with Gasteiger partial charge in [0.25, 0.3) is 0 Å². The number of ether oxygens (including phenoxy) is 2. The first-order valence-electron chi connectivity index (χ1n) is 9.62. The lowest BCUT2D eigenvalue weighted by Crippen LogP contribution is -2.45. The Hall–Kier alpha value is -1.66. The van der Waals surface area contributed by atoms with Crippen LogP contribution in [-0.4, -0.2) is 51.0 Å². The summed E-state index contributed by atoms with van der Waals surface area (Å²) in [5.41, 5.74) is 0.645. The van der Waals surface area contributed by atoms with E-state index in [-0.39, 0.29) is 23.4 Å². The molecule has 144 valence electrons. The maximum Gasteiger partial charge on any atom is 0.191 e. The molecule has 3 rings (SSSR count). The van der Waals surface area contributed by atoms with Crippen LogP contribution in [0.3, 0.4) is 0 Å². The lowest BCUT2D eigenvalue weighted by atomic mass is 9.95. The Morgan fingerprint density at radius 3 is 2.88 bits per heavy atom. The Bertz CT molecular complexity index is 613. The number of hydrogen-bond donors (Lipinski definition) is 2. The largest absolute Gasteiger partial charge is 0.379 e. The summed E-state index contributed by atoms with van der Waals surface area (Å²) in [5, 5.41) is 6.66. The molecule has 2 atom stereocenters. The maximum atomic E-state index is 14.1. The van der Waals surface area contributed by atoms with Crippen molar-refractivity contribution < 1.29 is 13.9 Å². The second kappa shape index (κ2) is 8.82. The minimum atomic E-state index is -0.144. The highest BCUT2D eigenvalue weighted by atomic mass is 19.1. The Balaban J connectivity index is 1.55. The van der Waals surface area contributed by atoms with Gasteiger partial charge in [0.1, 0.15) is 5.82 Å². The minimum Gasteiger partial charge on any atom is -0.379 e. The van der Waals surface area contributed by atoms with Gasteiger partial charge < -0.3 is 20.1 Å². The molecule has 2 unspecified atom stereocenters. The summed E-state index contributed by atoms with van der Waals surface area (Å²) >= 11 is 0. The van der Waals surface area contributed by atoms with E-state index >= 15 is 0 Å². The first-order valence-corrected chi connectivity index (χ1v) is 9.62. The van der Waals surface area contributed by atoms with E-state index in [1.807, 2.05) is 19.1 Å². The molecule has 1 aromatic carbocycles. The zero-order valence-electron chi connectivity index (χ0n) is 15.8. The van der Waals surface area contributed by atoms with Gasteiger partial charge in [-0.1, -0.05) is 18.2 Å². The fourth-order valence-electron chi connectivity index (χ4n) is 3.31. The number of nitrogens with one attached hydrogen (secondary N) is 2. The van der Waals surface area contributed by atoms with E-state index in [1.165, 1.54) is 6.07 Å². The molecule has 26 heavy (non-hydrogen) atoms. The number of hydrogen-bond acceptors (Lipinski definition) is 3. The van der Waals surface area contributed by atoms with Crippen LogP contribution in [0.25, 0.3) is 0 Å². The molecule has 1 saturated carbocycles. The molecule has 2 aliphatic rings. The quantitative estimate of drug-likeness (QED) is 0.551. The van der Waals surface area contributed by atoms with Gasteiger partial charge in [-0.15, -0.1) is 0 Å². The van der Waals surface area contributed by atoms with Gasteiger partial charge in [-0.05, 0) is 44.7 Å². The second-order valence-electron chi connectivity index (χ2n) is 7.32. The van der Waals surface area contributed by atoms with Crippen LogP contribution in [0, 0.1) is 5.82 Å². The Morgan fingerprint density at radius 2 is 2.23 bits per heavy atom.